The van der Waals surface area contributed by atoms with Crippen molar-refractivity contribution in [2.45, 2.75) is 37.6 Å². The molecule has 2 aliphatic rings. The van der Waals surface area contributed by atoms with Crippen molar-refractivity contribution in [2.24, 2.45) is 0 Å². The highest BCUT2D eigenvalue weighted by molar-refractivity contribution is 5.20. The first kappa shape index (κ1) is 9.41. The molecule has 1 saturated heterocycles. The van der Waals surface area contributed by atoms with Crippen molar-refractivity contribution in [1.29, 1.82) is 0 Å². The van der Waals surface area contributed by atoms with Crippen molar-refractivity contribution in [2.75, 3.05) is 13.1 Å². The van der Waals surface area contributed by atoms with E-state index in [0.29, 0.717) is 0 Å². The molecule has 1 aliphatic heterocycles. The van der Waals surface area contributed by atoms with E-state index in [2.05, 4.69) is 35.2 Å². The van der Waals surface area contributed by atoms with Gasteiger partial charge in [-0.05, 0) is 43.7 Å². The topological polar surface area (TPSA) is 3.24 Å². The van der Waals surface area contributed by atoms with Crippen LogP contribution < -0.4 is 0 Å². The fourth-order valence-electron chi connectivity index (χ4n) is 2.78. The first-order chi connectivity index (χ1) is 7.43. The van der Waals surface area contributed by atoms with Gasteiger partial charge in [0.15, 0.2) is 0 Å². The Morgan fingerprint density at radius 1 is 1.00 bits per heavy atom. The zero-order valence-corrected chi connectivity index (χ0v) is 9.23. The lowest BCUT2D eigenvalue weighted by Gasteiger charge is -2.33. The number of likely N-dealkylation sites (tertiary alicyclic amines) is 1. The maximum absolute atomic E-state index is 2.71. The smallest absolute Gasteiger partial charge is 0.00966 e. The van der Waals surface area contributed by atoms with Gasteiger partial charge in [0.2, 0.25) is 0 Å². The third-order valence-corrected chi connectivity index (χ3v) is 3.79. The molecule has 0 bridgehead atoms. The van der Waals surface area contributed by atoms with Crippen molar-refractivity contribution < 1.29 is 0 Å². The number of hydrogen-bond donors (Lipinski definition) is 0. The van der Waals surface area contributed by atoms with E-state index in [1.165, 1.54) is 38.8 Å². The third kappa shape index (κ3) is 2.07. The van der Waals surface area contributed by atoms with Crippen LogP contribution >= 0.6 is 0 Å². The van der Waals surface area contributed by atoms with E-state index in [-0.39, 0.29) is 0 Å². The number of benzene rings is 1. The van der Waals surface area contributed by atoms with Crippen LogP contribution in [0.5, 0.6) is 0 Å². The van der Waals surface area contributed by atoms with Gasteiger partial charge in [0, 0.05) is 12.6 Å². The summed E-state index contributed by atoms with van der Waals surface area (Å²) in [5.41, 5.74) is 1.54. The molecular formula is C14H19N. The molecule has 0 spiro atoms. The number of nitrogens with zero attached hydrogens (tertiary/aromatic N) is 1. The SMILES string of the molecule is c1ccc([C@H]2CCCN(C3CC3)C2)cc1. The van der Waals surface area contributed by atoms with Crippen LogP contribution in [0.2, 0.25) is 0 Å². The van der Waals surface area contributed by atoms with Gasteiger partial charge < -0.3 is 0 Å². The Morgan fingerprint density at radius 2 is 1.80 bits per heavy atom. The second-order valence-corrected chi connectivity index (χ2v) is 4.98. The summed E-state index contributed by atoms with van der Waals surface area (Å²) in [6.07, 6.45) is 5.66. The lowest BCUT2D eigenvalue weighted by atomic mass is 9.90. The summed E-state index contributed by atoms with van der Waals surface area (Å²) in [5.74, 6) is 0.792. The van der Waals surface area contributed by atoms with Crippen molar-refractivity contribution in [3.8, 4) is 0 Å². The van der Waals surface area contributed by atoms with Gasteiger partial charge in [-0.1, -0.05) is 30.3 Å². The molecule has 1 heteroatoms. The lowest BCUT2D eigenvalue weighted by Crippen LogP contribution is -2.35. The molecule has 80 valence electrons. The minimum absolute atomic E-state index is 0.792. The Morgan fingerprint density at radius 3 is 2.53 bits per heavy atom. The number of rotatable bonds is 2. The van der Waals surface area contributed by atoms with Crippen LogP contribution in [0.15, 0.2) is 30.3 Å². The maximum atomic E-state index is 2.71. The second kappa shape index (κ2) is 3.97. The predicted molar refractivity (Wildman–Crippen MR) is 63.0 cm³/mol. The fraction of sp³-hybridized carbons (Fsp3) is 0.571. The van der Waals surface area contributed by atoms with Crippen LogP contribution in [0.4, 0.5) is 0 Å². The molecule has 0 amide bonds. The molecule has 1 aromatic carbocycles. The summed E-state index contributed by atoms with van der Waals surface area (Å²) in [5, 5.41) is 0. The Bertz CT molecular complexity index is 315. The van der Waals surface area contributed by atoms with Gasteiger partial charge in [0.25, 0.3) is 0 Å². The molecule has 0 aromatic heterocycles. The molecule has 15 heavy (non-hydrogen) atoms. The monoisotopic (exact) mass is 201 g/mol. The quantitative estimate of drug-likeness (QED) is 0.711. The average molecular weight is 201 g/mol. The van der Waals surface area contributed by atoms with Gasteiger partial charge in [0.1, 0.15) is 0 Å². The first-order valence-corrected chi connectivity index (χ1v) is 6.22. The Balaban J connectivity index is 1.70. The van der Waals surface area contributed by atoms with Crippen LogP contribution in [0.3, 0.4) is 0 Å². The molecular weight excluding hydrogens is 182 g/mol. The Kier molecular flexibility index (Phi) is 2.49. The zero-order valence-electron chi connectivity index (χ0n) is 9.23. The van der Waals surface area contributed by atoms with Gasteiger partial charge in [-0.2, -0.15) is 0 Å². The summed E-state index contributed by atoms with van der Waals surface area (Å²) >= 11 is 0. The Hall–Kier alpha value is -0.820. The van der Waals surface area contributed by atoms with E-state index in [1.54, 1.807) is 5.56 Å². The van der Waals surface area contributed by atoms with Crippen LogP contribution in [-0.2, 0) is 0 Å². The van der Waals surface area contributed by atoms with Gasteiger partial charge in [0.05, 0.1) is 0 Å². The number of hydrogen-bond acceptors (Lipinski definition) is 1. The highest BCUT2D eigenvalue weighted by Gasteiger charge is 2.32. The van der Waals surface area contributed by atoms with Gasteiger partial charge in [-0.3, -0.25) is 4.90 Å². The highest BCUT2D eigenvalue weighted by atomic mass is 15.2. The van der Waals surface area contributed by atoms with E-state index >= 15 is 0 Å². The van der Waals surface area contributed by atoms with E-state index in [9.17, 15) is 0 Å². The van der Waals surface area contributed by atoms with Crippen molar-refractivity contribution in [3.63, 3.8) is 0 Å². The summed E-state index contributed by atoms with van der Waals surface area (Å²) in [4.78, 5) is 2.71. The lowest BCUT2D eigenvalue weighted by molar-refractivity contribution is 0.199. The molecule has 1 nitrogen and oxygen atoms in total. The minimum Gasteiger partial charge on any atom is -0.300 e. The zero-order chi connectivity index (χ0) is 10.1. The van der Waals surface area contributed by atoms with Gasteiger partial charge >= 0.3 is 0 Å². The third-order valence-electron chi connectivity index (χ3n) is 3.79. The van der Waals surface area contributed by atoms with Crippen molar-refractivity contribution in [3.05, 3.63) is 35.9 Å². The normalized spacial score (nSPS) is 27.9. The largest absolute Gasteiger partial charge is 0.300 e. The van der Waals surface area contributed by atoms with Crippen LogP contribution in [0, 0.1) is 0 Å². The standard InChI is InChI=1S/C14H19N/c1-2-5-12(6-3-1)13-7-4-10-15(11-13)14-8-9-14/h1-3,5-6,13-14H,4,7-11H2/t13-/m0/s1. The van der Waals surface area contributed by atoms with Crippen molar-refractivity contribution >= 4 is 0 Å². The van der Waals surface area contributed by atoms with E-state index in [0.717, 1.165) is 12.0 Å². The fourth-order valence-corrected chi connectivity index (χ4v) is 2.78. The summed E-state index contributed by atoms with van der Waals surface area (Å²) in [7, 11) is 0. The first-order valence-electron chi connectivity index (χ1n) is 6.22. The summed E-state index contributed by atoms with van der Waals surface area (Å²) in [6, 6.07) is 12.0. The highest BCUT2D eigenvalue weighted by Crippen LogP contribution is 2.34. The molecule has 0 radical (unpaired) electrons. The molecule has 2 fully saturated rings. The van der Waals surface area contributed by atoms with E-state index in [1.807, 2.05) is 0 Å². The number of piperidine rings is 1. The van der Waals surface area contributed by atoms with Gasteiger partial charge in [-0.15, -0.1) is 0 Å². The van der Waals surface area contributed by atoms with Crippen molar-refractivity contribution in [1.82, 2.24) is 4.90 Å². The van der Waals surface area contributed by atoms with Crippen LogP contribution in [0.25, 0.3) is 0 Å². The average Bonchev–Trinajstić information content (AvgIpc) is 3.14. The Labute approximate surface area is 92.1 Å². The summed E-state index contributed by atoms with van der Waals surface area (Å²) < 4.78 is 0. The molecule has 1 aliphatic carbocycles. The summed E-state index contributed by atoms with van der Waals surface area (Å²) in [6.45, 7) is 2.64. The molecule has 0 N–H and O–H groups in total. The van der Waals surface area contributed by atoms with Crippen LogP contribution in [0.1, 0.15) is 37.2 Å². The molecule has 3 rings (SSSR count). The molecule has 1 atom stereocenters. The van der Waals surface area contributed by atoms with E-state index in [4.69, 9.17) is 0 Å². The van der Waals surface area contributed by atoms with E-state index < -0.39 is 0 Å². The molecule has 1 saturated carbocycles. The van der Waals surface area contributed by atoms with Gasteiger partial charge in [-0.25, -0.2) is 0 Å². The second-order valence-electron chi connectivity index (χ2n) is 4.98. The minimum atomic E-state index is 0.792. The predicted octanol–water partition coefficient (Wildman–Crippen LogP) is 3.03. The molecule has 1 aromatic rings. The maximum Gasteiger partial charge on any atom is 0.00966 e. The molecule has 0 unspecified atom stereocenters. The van der Waals surface area contributed by atoms with Crippen LogP contribution in [-0.4, -0.2) is 24.0 Å². The molecule has 1 heterocycles.